The molecule has 66 valence electrons. The summed E-state index contributed by atoms with van der Waals surface area (Å²) in [5, 5.41) is 3.10. The second-order valence-electron chi connectivity index (χ2n) is 3.81. The van der Waals surface area contributed by atoms with Gasteiger partial charge in [-0.05, 0) is 25.4 Å². The van der Waals surface area contributed by atoms with Crippen molar-refractivity contribution in [3.05, 3.63) is 0 Å². The van der Waals surface area contributed by atoms with Crippen LogP contribution >= 0.6 is 0 Å². The lowest BCUT2D eigenvalue weighted by atomic mass is 9.79. The Bertz CT molecular complexity index is 128. The summed E-state index contributed by atoms with van der Waals surface area (Å²) in [4.78, 5) is 0. The SMILES string of the molecule is CC(C)(C(F)F)C1CCNC1. The van der Waals surface area contributed by atoms with Gasteiger partial charge in [0.05, 0.1) is 0 Å². The Kier molecular flexibility index (Phi) is 2.47. The summed E-state index contributed by atoms with van der Waals surface area (Å²) in [5.41, 5.74) is -0.816. The van der Waals surface area contributed by atoms with Crippen molar-refractivity contribution in [3.63, 3.8) is 0 Å². The predicted molar refractivity (Wildman–Crippen MR) is 40.8 cm³/mol. The Morgan fingerprint density at radius 1 is 1.45 bits per heavy atom. The van der Waals surface area contributed by atoms with Gasteiger partial charge in [-0.3, -0.25) is 0 Å². The van der Waals surface area contributed by atoms with Crippen LogP contribution in [0, 0.1) is 11.3 Å². The van der Waals surface area contributed by atoms with Gasteiger partial charge in [-0.15, -0.1) is 0 Å². The quantitative estimate of drug-likeness (QED) is 0.655. The molecule has 0 bridgehead atoms. The first kappa shape index (κ1) is 8.91. The van der Waals surface area contributed by atoms with E-state index in [1.165, 1.54) is 0 Å². The van der Waals surface area contributed by atoms with E-state index in [4.69, 9.17) is 0 Å². The van der Waals surface area contributed by atoms with Crippen LogP contribution in [0.1, 0.15) is 20.3 Å². The van der Waals surface area contributed by atoms with Crippen molar-refractivity contribution in [2.45, 2.75) is 26.7 Å². The number of alkyl halides is 2. The monoisotopic (exact) mass is 163 g/mol. The van der Waals surface area contributed by atoms with Crippen molar-refractivity contribution in [1.82, 2.24) is 5.32 Å². The molecule has 11 heavy (non-hydrogen) atoms. The normalized spacial score (nSPS) is 26.5. The van der Waals surface area contributed by atoms with Gasteiger partial charge < -0.3 is 5.32 Å². The molecule has 0 aliphatic carbocycles. The highest BCUT2D eigenvalue weighted by atomic mass is 19.3. The van der Waals surface area contributed by atoms with Gasteiger partial charge in [0.15, 0.2) is 0 Å². The topological polar surface area (TPSA) is 12.0 Å². The maximum absolute atomic E-state index is 12.4. The molecule has 1 N–H and O–H groups in total. The molecule has 1 unspecified atom stereocenters. The molecule has 0 amide bonds. The van der Waals surface area contributed by atoms with Crippen molar-refractivity contribution < 1.29 is 8.78 Å². The zero-order valence-corrected chi connectivity index (χ0v) is 7.03. The van der Waals surface area contributed by atoms with E-state index in [2.05, 4.69) is 5.32 Å². The third-order valence-electron chi connectivity index (χ3n) is 2.67. The lowest BCUT2D eigenvalue weighted by Crippen LogP contribution is -2.32. The lowest BCUT2D eigenvalue weighted by Gasteiger charge is -2.29. The highest BCUT2D eigenvalue weighted by Gasteiger charge is 2.39. The fourth-order valence-corrected chi connectivity index (χ4v) is 1.47. The summed E-state index contributed by atoms with van der Waals surface area (Å²) >= 11 is 0. The average Bonchev–Trinajstić information content (AvgIpc) is 2.37. The van der Waals surface area contributed by atoms with E-state index in [1.807, 2.05) is 0 Å². The average molecular weight is 163 g/mol. The summed E-state index contributed by atoms with van der Waals surface area (Å²) in [5.74, 6) is 0.141. The zero-order valence-electron chi connectivity index (χ0n) is 7.03. The first-order valence-corrected chi connectivity index (χ1v) is 4.04. The molecule has 1 aliphatic heterocycles. The minimum atomic E-state index is -2.20. The lowest BCUT2D eigenvalue weighted by molar-refractivity contribution is -0.0158. The fraction of sp³-hybridized carbons (Fsp3) is 1.00. The number of rotatable bonds is 2. The van der Waals surface area contributed by atoms with Crippen LogP contribution in [0.5, 0.6) is 0 Å². The van der Waals surface area contributed by atoms with Crippen molar-refractivity contribution in [2.75, 3.05) is 13.1 Å². The van der Waals surface area contributed by atoms with E-state index < -0.39 is 11.8 Å². The molecular weight excluding hydrogens is 148 g/mol. The van der Waals surface area contributed by atoms with E-state index in [1.54, 1.807) is 13.8 Å². The number of hydrogen-bond donors (Lipinski definition) is 1. The summed E-state index contributed by atoms with van der Waals surface area (Å²) in [6.07, 6.45) is -1.32. The Morgan fingerprint density at radius 3 is 2.45 bits per heavy atom. The van der Waals surface area contributed by atoms with Crippen LogP contribution in [0.25, 0.3) is 0 Å². The molecule has 1 saturated heterocycles. The third-order valence-corrected chi connectivity index (χ3v) is 2.67. The second-order valence-corrected chi connectivity index (χ2v) is 3.81. The molecule has 0 spiro atoms. The van der Waals surface area contributed by atoms with Crippen molar-refractivity contribution in [1.29, 1.82) is 0 Å². The predicted octanol–water partition coefficient (Wildman–Crippen LogP) is 1.89. The molecule has 0 aromatic heterocycles. The molecule has 1 aliphatic rings. The molecule has 1 rings (SSSR count). The van der Waals surface area contributed by atoms with Gasteiger partial charge in [-0.25, -0.2) is 8.78 Å². The standard InChI is InChI=1S/C8H15F2N/c1-8(2,7(9)10)6-3-4-11-5-6/h6-7,11H,3-5H2,1-2H3. The van der Waals surface area contributed by atoms with Crippen molar-refractivity contribution in [3.8, 4) is 0 Å². The van der Waals surface area contributed by atoms with E-state index in [0.717, 1.165) is 19.5 Å². The molecule has 3 heteroatoms. The van der Waals surface area contributed by atoms with Gasteiger partial charge in [-0.1, -0.05) is 13.8 Å². The van der Waals surface area contributed by atoms with Gasteiger partial charge >= 0.3 is 0 Å². The largest absolute Gasteiger partial charge is 0.316 e. The van der Waals surface area contributed by atoms with Crippen molar-refractivity contribution in [2.24, 2.45) is 11.3 Å². The number of nitrogens with one attached hydrogen (secondary N) is 1. The number of halogens is 2. The summed E-state index contributed by atoms with van der Waals surface area (Å²) in [6.45, 7) is 4.93. The van der Waals surface area contributed by atoms with Gasteiger partial charge in [0, 0.05) is 5.41 Å². The maximum Gasteiger partial charge on any atom is 0.243 e. The first-order valence-electron chi connectivity index (χ1n) is 4.04. The molecule has 1 atom stereocenters. The van der Waals surface area contributed by atoms with Gasteiger partial charge in [0.1, 0.15) is 0 Å². The van der Waals surface area contributed by atoms with Crippen LogP contribution in [0.15, 0.2) is 0 Å². The van der Waals surface area contributed by atoms with Crippen LogP contribution < -0.4 is 5.32 Å². The smallest absolute Gasteiger partial charge is 0.243 e. The summed E-state index contributed by atoms with van der Waals surface area (Å²) in [6, 6.07) is 0. The van der Waals surface area contributed by atoms with Gasteiger partial charge in [0.25, 0.3) is 0 Å². The third kappa shape index (κ3) is 1.70. The molecule has 0 aromatic carbocycles. The minimum Gasteiger partial charge on any atom is -0.316 e. The van der Waals surface area contributed by atoms with E-state index in [9.17, 15) is 8.78 Å². The van der Waals surface area contributed by atoms with Gasteiger partial charge in [-0.2, -0.15) is 0 Å². The van der Waals surface area contributed by atoms with Crippen LogP contribution in [-0.4, -0.2) is 19.5 Å². The van der Waals surface area contributed by atoms with Crippen molar-refractivity contribution >= 4 is 0 Å². The van der Waals surface area contributed by atoms with E-state index in [-0.39, 0.29) is 5.92 Å². The molecule has 1 fully saturated rings. The van der Waals surface area contributed by atoms with Crippen LogP contribution in [-0.2, 0) is 0 Å². The molecule has 1 heterocycles. The Hall–Kier alpha value is -0.180. The highest BCUT2D eigenvalue weighted by Crippen LogP contribution is 2.36. The van der Waals surface area contributed by atoms with Gasteiger partial charge in [0.2, 0.25) is 6.43 Å². The van der Waals surface area contributed by atoms with E-state index >= 15 is 0 Å². The molecule has 0 aromatic rings. The Balaban J connectivity index is 2.55. The molecule has 1 nitrogen and oxygen atoms in total. The molecule has 0 saturated carbocycles. The molecule has 0 radical (unpaired) electrons. The molecular formula is C8H15F2N. The van der Waals surface area contributed by atoms with Crippen LogP contribution in [0.3, 0.4) is 0 Å². The summed E-state index contributed by atoms with van der Waals surface area (Å²) in [7, 11) is 0. The van der Waals surface area contributed by atoms with Crippen LogP contribution in [0.4, 0.5) is 8.78 Å². The Labute approximate surface area is 66.2 Å². The highest BCUT2D eigenvalue weighted by molar-refractivity contribution is 4.86. The maximum atomic E-state index is 12.4. The zero-order chi connectivity index (χ0) is 8.48. The Morgan fingerprint density at radius 2 is 2.09 bits per heavy atom. The summed E-state index contributed by atoms with van der Waals surface area (Å²) < 4.78 is 24.9. The minimum absolute atomic E-state index is 0.141. The second kappa shape index (κ2) is 3.05. The van der Waals surface area contributed by atoms with Crippen LogP contribution in [0.2, 0.25) is 0 Å². The first-order chi connectivity index (χ1) is 5.05. The number of hydrogen-bond acceptors (Lipinski definition) is 1. The van der Waals surface area contributed by atoms with E-state index in [0.29, 0.717) is 0 Å². The fourth-order valence-electron chi connectivity index (χ4n) is 1.47.